The fraction of sp³-hybridized carbons (Fsp3) is 0.409. The molecule has 1 heterocycles. The van der Waals surface area contributed by atoms with E-state index in [1.54, 1.807) is 48.5 Å². The van der Waals surface area contributed by atoms with Crippen molar-refractivity contribution >= 4 is 15.7 Å². The Bertz CT molecular complexity index is 903. The number of ether oxygens (including phenoxy) is 1. The summed E-state index contributed by atoms with van der Waals surface area (Å²) in [6, 6.07) is 13.6. The van der Waals surface area contributed by atoms with Gasteiger partial charge in [-0.3, -0.25) is 9.69 Å². The molecule has 2 aromatic rings. The Labute approximate surface area is 172 Å². The van der Waals surface area contributed by atoms with Gasteiger partial charge in [0.1, 0.15) is 0 Å². The van der Waals surface area contributed by atoms with Crippen LogP contribution >= 0.6 is 0 Å². The molecule has 1 aliphatic heterocycles. The van der Waals surface area contributed by atoms with E-state index in [1.807, 2.05) is 6.92 Å². The number of carbonyl (C=O) groups excluding carboxylic acids is 1. The molecule has 0 aromatic heterocycles. The maximum atomic E-state index is 12.5. The predicted molar refractivity (Wildman–Crippen MR) is 113 cm³/mol. The van der Waals surface area contributed by atoms with Crippen LogP contribution in [0.2, 0.25) is 0 Å². The van der Waals surface area contributed by atoms with Crippen LogP contribution in [-0.2, 0) is 20.3 Å². The van der Waals surface area contributed by atoms with E-state index in [2.05, 4.69) is 10.2 Å². The molecule has 0 atom stereocenters. The Hall–Kier alpha value is -2.22. The van der Waals surface area contributed by atoms with E-state index >= 15 is 0 Å². The van der Waals surface area contributed by atoms with E-state index < -0.39 is 9.84 Å². The first-order chi connectivity index (χ1) is 13.9. The van der Waals surface area contributed by atoms with Crippen molar-refractivity contribution in [3.63, 3.8) is 0 Å². The van der Waals surface area contributed by atoms with Crippen LogP contribution in [-0.4, -0.2) is 58.6 Å². The first-order valence-electron chi connectivity index (χ1n) is 9.91. The second-order valence-corrected chi connectivity index (χ2v) is 9.32. The Kier molecular flexibility index (Phi) is 7.41. The molecular formula is C22H28N2O4S. The average molecular weight is 417 g/mol. The summed E-state index contributed by atoms with van der Waals surface area (Å²) >= 11 is 0. The van der Waals surface area contributed by atoms with E-state index in [-0.39, 0.29) is 11.7 Å². The van der Waals surface area contributed by atoms with Crippen molar-refractivity contribution in [2.45, 2.75) is 24.0 Å². The second-order valence-electron chi connectivity index (χ2n) is 7.33. The molecule has 3 rings (SSSR count). The van der Waals surface area contributed by atoms with Crippen LogP contribution in [0.1, 0.15) is 27.9 Å². The average Bonchev–Trinajstić information content (AvgIpc) is 2.72. The normalized spacial score (nSPS) is 15.2. The summed E-state index contributed by atoms with van der Waals surface area (Å²) < 4.78 is 30.4. The SMILES string of the molecule is Cc1ccc(S(=O)(=O)Cc2ccc(C(=O)NCCCN3CCOCC3)cc2)cc1. The van der Waals surface area contributed by atoms with E-state index in [4.69, 9.17) is 4.74 Å². The number of sulfone groups is 1. The van der Waals surface area contributed by atoms with Crippen molar-refractivity contribution in [1.82, 2.24) is 10.2 Å². The first-order valence-corrected chi connectivity index (χ1v) is 11.6. The molecule has 1 aliphatic rings. The fourth-order valence-electron chi connectivity index (χ4n) is 3.23. The third kappa shape index (κ3) is 6.39. The lowest BCUT2D eigenvalue weighted by Gasteiger charge is -2.26. The number of morpholine rings is 1. The van der Waals surface area contributed by atoms with Gasteiger partial charge in [-0.1, -0.05) is 29.8 Å². The molecule has 1 fully saturated rings. The maximum Gasteiger partial charge on any atom is 0.251 e. The van der Waals surface area contributed by atoms with E-state index in [0.717, 1.165) is 44.8 Å². The quantitative estimate of drug-likeness (QED) is 0.669. The molecule has 1 saturated heterocycles. The number of benzene rings is 2. The Morgan fingerprint density at radius 2 is 1.69 bits per heavy atom. The van der Waals surface area contributed by atoms with Gasteiger partial charge in [-0.15, -0.1) is 0 Å². The molecule has 0 spiro atoms. The number of hydrogen-bond acceptors (Lipinski definition) is 5. The predicted octanol–water partition coefficient (Wildman–Crippen LogP) is 2.42. The molecule has 0 bridgehead atoms. The van der Waals surface area contributed by atoms with Crippen molar-refractivity contribution < 1.29 is 17.9 Å². The van der Waals surface area contributed by atoms with Gasteiger partial charge >= 0.3 is 0 Å². The molecule has 29 heavy (non-hydrogen) atoms. The molecular weight excluding hydrogens is 388 g/mol. The third-order valence-electron chi connectivity index (χ3n) is 4.99. The molecule has 1 N–H and O–H groups in total. The highest BCUT2D eigenvalue weighted by molar-refractivity contribution is 7.90. The molecule has 1 amide bonds. The summed E-state index contributed by atoms with van der Waals surface area (Å²) in [5, 5.41) is 2.92. The van der Waals surface area contributed by atoms with Crippen molar-refractivity contribution in [2.75, 3.05) is 39.4 Å². The van der Waals surface area contributed by atoms with Gasteiger partial charge in [-0.05, 0) is 49.7 Å². The van der Waals surface area contributed by atoms with E-state index in [9.17, 15) is 13.2 Å². The van der Waals surface area contributed by atoms with Crippen LogP contribution in [0.15, 0.2) is 53.4 Å². The number of rotatable bonds is 8. The van der Waals surface area contributed by atoms with Crippen LogP contribution in [0.3, 0.4) is 0 Å². The number of nitrogens with one attached hydrogen (secondary N) is 1. The van der Waals surface area contributed by atoms with Crippen LogP contribution in [0.5, 0.6) is 0 Å². The molecule has 0 saturated carbocycles. The zero-order valence-electron chi connectivity index (χ0n) is 16.8. The zero-order valence-corrected chi connectivity index (χ0v) is 17.6. The van der Waals surface area contributed by atoms with Crippen molar-refractivity contribution in [3.05, 3.63) is 65.2 Å². The molecule has 0 radical (unpaired) electrons. The smallest absolute Gasteiger partial charge is 0.251 e. The van der Waals surface area contributed by atoms with Crippen molar-refractivity contribution in [3.8, 4) is 0 Å². The lowest BCUT2D eigenvalue weighted by molar-refractivity contribution is 0.0374. The number of hydrogen-bond donors (Lipinski definition) is 1. The van der Waals surface area contributed by atoms with Crippen LogP contribution in [0.4, 0.5) is 0 Å². The van der Waals surface area contributed by atoms with Crippen LogP contribution in [0.25, 0.3) is 0 Å². The number of carbonyl (C=O) groups is 1. The highest BCUT2D eigenvalue weighted by Gasteiger charge is 2.16. The van der Waals surface area contributed by atoms with Gasteiger partial charge in [-0.25, -0.2) is 8.42 Å². The first kappa shape index (κ1) is 21.5. The van der Waals surface area contributed by atoms with Crippen molar-refractivity contribution in [1.29, 1.82) is 0 Å². The lowest BCUT2D eigenvalue weighted by atomic mass is 10.1. The molecule has 6 nitrogen and oxygen atoms in total. The monoisotopic (exact) mass is 416 g/mol. The number of nitrogens with zero attached hydrogens (tertiary/aromatic N) is 1. The molecule has 2 aromatic carbocycles. The number of amides is 1. The topological polar surface area (TPSA) is 75.7 Å². The van der Waals surface area contributed by atoms with Gasteiger partial charge in [0.25, 0.3) is 5.91 Å². The minimum absolute atomic E-state index is 0.0858. The minimum Gasteiger partial charge on any atom is -0.379 e. The number of aryl methyl sites for hydroxylation is 1. The zero-order chi connectivity index (χ0) is 20.7. The lowest BCUT2D eigenvalue weighted by Crippen LogP contribution is -2.38. The largest absolute Gasteiger partial charge is 0.379 e. The Morgan fingerprint density at radius 1 is 1.03 bits per heavy atom. The summed E-state index contributed by atoms with van der Waals surface area (Å²) in [5.41, 5.74) is 2.21. The van der Waals surface area contributed by atoms with Gasteiger partial charge in [0.2, 0.25) is 0 Å². The molecule has 0 aliphatic carbocycles. The summed E-state index contributed by atoms with van der Waals surface area (Å²) in [6.07, 6.45) is 0.888. The molecule has 156 valence electrons. The van der Waals surface area contributed by atoms with Gasteiger partial charge in [0.15, 0.2) is 9.84 Å². The van der Waals surface area contributed by atoms with E-state index in [0.29, 0.717) is 22.6 Å². The standard InChI is InChI=1S/C22H28N2O4S/c1-18-3-9-21(10-4-18)29(26,27)17-19-5-7-20(8-6-19)22(25)23-11-2-12-24-13-15-28-16-14-24/h3-10H,2,11-17H2,1H3,(H,23,25). The highest BCUT2D eigenvalue weighted by atomic mass is 32.2. The van der Waals surface area contributed by atoms with Gasteiger partial charge < -0.3 is 10.1 Å². The van der Waals surface area contributed by atoms with Gasteiger partial charge in [0, 0.05) is 25.2 Å². The summed E-state index contributed by atoms with van der Waals surface area (Å²) in [5.74, 6) is -0.225. The molecule has 7 heteroatoms. The van der Waals surface area contributed by atoms with Crippen molar-refractivity contribution in [2.24, 2.45) is 0 Å². The third-order valence-corrected chi connectivity index (χ3v) is 6.70. The van der Waals surface area contributed by atoms with Crippen LogP contribution in [0, 0.1) is 6.92 Å². The molecule has 0 unspecified atom stereocenters. The minimum atomic E-state index is -3.41. The van der Waals surface area contributed by atoms with Crippen LogP contribution < -0.4 is 5.32 Å². The van der Waals surface area contributed by atoms with Gasteiger partial charge in [-0.2, -0.15) is 0 Å². The summed E-state index contributed by atoms with van der Waals surface area (Å²) in [7, 11) is -3.41. The van der Waals surface area contributed by atoms with Gasteiger partial charge in [0.05, 0.1) is 23.9 Å². The maximum absolute atomic E-state index is 12.5. The second kappa shape index (κ2) is 10.0. The summed E-state index contributed by atoms with van der Waals surface area (Å²) in [4.78, 5) is 14.9. The Balaban J connectivity index is 1.48. The highest BCUT2D eigenvalue weighted by Crippen LogP contribution is 2.17. The summed E-state index contributed by atoms with van der Waals surface area (Å²) in [6.45, 7) is 6.92. The Morgan fingerprint density at radius 3 is 2.34 bits per heavy atom. The van der Waals surface area contributed by atoms with E-state index in [1.165, 1.54) is 0 Å². The fourth-order valence-corrected chi connectivity index (χ4v) is 4.58.